The molecule has 0 bridgehead atoms. The maximum Gasteiger partial charge on any atom is 0.0716 e. The van der Waals surface area contributed by atoms with Gasteiger partial charge in [-0.25, -0.2) is 0 Å². The van der Waals surface area contributed by atoms with Crippen molar-refractivity contribution in [3.05, 3.63) is 35.4 Å². The summed E-state index contributed by atoms with van der Waals surface area (Å²) in [5.41, 5.74) is 8.69. The summed E-state index contributed by atoms with van der Waals surface area (Å²) >= 11 is 0. The molecule has 0 radical (unpaired) electrons. The molecule has 1 aromatic rings. The first-order valence-electron chi connectivity index (χ1n) is 6.24. The number of hydrogen-bond donors (Lipinski definition) is 1. The van der Waals surface area contributed by atoms with E-state index in [2.05, 4.69) is 36.1 Å². The van der Waals surface area contributed by atoms with Gasteiger partial charge in [-0.1, -0.05) is 31.2 Å². The Kier molecular flexibility index (Phi) is 4.15. The van der Waals surface area contributed by atoms with Gasteiger partial charge >= 0.3 is 0 Å². The fourth-order valence-electron chi connectivity index (χ4n) is 2.47. The van der Waals surface area contributed by atoms with Gasteiger partial charge < -0.3 is 10.5 Å². The van der Waals surface area contributed by atoms with Crippen molar-refractivity contribution in [2.24, 2.45) is 11.7 Å². The first kappa shape index (κ1) is 12.6. The molecule has 2 atom stereocenters. The lowest BCUT2D eigenvalue weighted by Gasteiger charge is -2.17. The van der Waals surface area contributed by atoms with E-state index in [-0.39, 0.29) is 0 Å². The lowest BCUT2D eigenvalue weighted by molar-refractivity contribution is 0.183. The molecule has 1 heterocycles. The van der Waals surface area contributed by atoms with Crippen molar-refractivity contribution < 1.29 is 4.74 Å². The summed E-state index contributed by atoms with van der Waals surface area (Å²) in [5, 5.41) is 0. The van der Waals surface area contributed by atoms with Crippen LogP contribution in [0, 0.1) is 5.92 Å². The van der Waals surface area contributed by atoms with E-state index in [1.807, 2.05) is 0 Å². The van der Waals surface area contributed by atoms with Crippen LogP contribution in [-0.4, -0.2) is 31.1 Å². The van der Waals surface area contributed by atoms with Crippen LogP contribution in [0.2, 0.25) is 0 Å². The topological polar surface area (TPSA) is 38.5 Å². The first-order chi connectivity index (χ1) is 8.20. The van der Waals surface area contributed by atoms with Crippen molar-refractivity contribution in [3.63, 3.8) is 0 Å². The predicted octanol–water partition coefficient (Wildman–Crippen LogP) is 1.61. The quantitative estimate of drug-likeness (QED) is 0.860. The lowest BCUT2D eigenvalue weighted by atomic mass is 10.1. The molecule has 0 amide bonds. The van der Waals surface area contributed by atoms with Crippen LogP contribution >= 0.6 is 0 Å². The summed E-state index contributed by atoms with van der Waals surface area (Å²) in [7, 11) is 1.74. The maximum absolute atomic E-state index is 6.05. The van der Waals surface area contributed by atoms with Crippen LogP contribution in [0.25, 0.3) is 0 Å². The van der Waals surface area contributed by atoms with Gasteiger partial charge in [0.05, 0.1) is 6.61 Å². The Balaban J connectivity index is 2.03. The molecule has 2 unspecified atom stereocenters. The minimum absolute atomic E-state index is 0.324. The molecule has 0 aromatic heterocycles. The van der Waals surface area contributed by atoms with Crippen molar-refractivity contribution >= 4 is 0 Å². The van der Waals surface area contributed by atoms with E-state index in [4.69, 9.17) is 10.5 Å². The van der Waals surface area contributed by atoms with Crippen molar-refractivity contribution in [2.75, 3.05) is 20.2 Å². The van der Waals surface area contributed by atoms with Crippen LogP contribution < -0.4 is 5.73 Å². The van der Waals surface area contributed by atoms with Crippen molar-refractivity contribution in [1.82, 2.24) is 4.90 Å². The molecule has 3 heteroatoms. The molecule has 1 aromatic carbocycles. The molecular weight excluding hydrogens is 212 g/mol. The van der Waals surface area contributed by atoms with Gasteiger partial charge in [-0.05, 0) is 17.0 Å². The van der Waals surface area contributed by atoms with Gasteiger partial charge in [-0.3, -0.25) is 4.90 Å². The normalized spacial score (nSPS) is 25.4. The number of benzene rings is 1. The largest absolute Gasteiger partial charge is 0.380 e. The third kappa shape index (κ3) is 3.06. The van der Waals surface area contributed by atoms with Gasteiger partial charge in [-0.15, -0.1) is 0 Å². The van der Waals surface area contributed by atoms with Crippen LogP contribution in [0.4, 0.5) is 0 Å². The van der Waals surface area contributed by atoms with Gasteiger partial charge in [0.1, 0.15) is 0 Å². The second-order valence-corrected chi connectivity index (χ2v) is 5.04. The van der Waals surface area contributed by atoms with Crippen LogP contribution in [-0.2, 0) is 17.9 Å². The standard InChI is InChI=1S/C14H22N2O/c1-11-7-16(9-14(11)15)8-12-5-3-4-6-13(12)10-17-2/h3-6,11,14H,7-10,15H2,1-2H3. The van der Waals surface area contributed by atoms with Gasteiger partial charge in [0, 0.05) is 32.8 Å². The molecule has 2 rings (SSSR count). The molecule has 0 aliphatic carbocycles. The molecule has 94 valence electrons. The van der Waals surface area contributed by atoms with E-state index < -0.39 is 0 Å². The average molecular weight is 234 g/mol. The third-order valence-electron chi connectivity index (χ3n) is 3.56. The Morgan fingerprint density at radius 3 is 2.59 bits per heavy atom. The summed E-state index contributed by atoms with van der Waals surface area (Å²) in [6.07, 6.45) is 0. The van der Waals surface area contributed by atoms with E-state index in [0.717, 1.165) is 19.6 Å². The van der Waals surface area contributed by atoms with Crippen molar-refractivity contribution in [2.45, 2.75) is 26.1 Å². The second-order valence-electron chi connectivity index (χ2n) is 5.04. The highest BCUT2D eigenvalue weighted by Gasteiger charge is 2.26. The molecule has 3 nitrogen and oxygen atoms in total. The number of rotatable bonds is 4. The predicted molar refractivity (Wildman–Crippen MR) is 69.6 cm³/mol. The highest BCUT2D eigenvalue weighted by molar-refractivity contribution is 5.26. The molecule has 1 fully saturated rings. The van der Waals surface area contributed by atoms with Crippen LogP contribution in [0.5, 0.6) is 0 Å². The van der Waals surface area contributed by atoms with Crippen molar-refractivity contribution in [1.29, 1.82) is 0 Å². The van der Waals surface area contributed by atoms with Gasteiger partial charge in [0.2, 0.25) is 0 Å². The van der Waals surface area contributed by atoms with Gasteiger partial charge in [0.15, 0.2) is 0 Å². The zero-order chi connectivity index (χ0) is 12.3. The van der Waals surface area contributed by atoms with Gasteiger partial charge in [0.25, 0.3) is 0 Å². The summed E-state index contributed by atoms with van der Waals surface area (Å²) < 4.78 is 5.23. The van der Waals surface area contributed by atoms with E-state index in [1.165, 1.54) is 11.1 Å². The van der Waals surface area contributed by atoms with Crippen LogP contribution in [0.15, 0.2) is 24.3 Å². The number of hydrogen-bond acceptors (Lipinski definition) is 3. The van der Waals surface area contributed by atoms with E-state index in [9.17, 15) is 0 Å². The summed E-state index contributed by atoms with van der Waals surface area (Å²) in [5.74, 6) is 0.601. The zero-order valence-electron chi connectivity index (χ0n) is 10.7. The van der Waals surface area contributed by atoms with Gasteiger partial charge in [-0.2, -0.15) is 0 Å². The molecule has 1 saturated heterocycles. The summed E-state index contributed by atoms with van der Waals surface area (Å²) in [6, 6.07) is 8.80. The third-order valence-corrected chi connectivity index (χ3v) is 3.56. The maximum atomic E-state index is 6.05. The smallest absolute Gasteiger partial charge is 0.0716 e. The summed E-state index contributed by atoms with van der Waals surface area (Å²) in [6.45, 7) is 6.00. The minimum Gasteiger partial charge on any atom is -0.380 e. The fraction of sp³-hybridized carbons (Fsp3) is 0.571. The van der Waals surface area contributed by atoms with E-state index in [0.29, 0.717) is 18.6 Å². The molecule has 2 N–H and O–H groups in total. The number of nitrogens with two attached hydrogens (primary N) is 1. The zero-order valence-corrected chi connectivity index (χ0v) is 10.7. The fourth-order valence-corrected chi connectivity index (χ4v) is 2.47. The van der Waals surface area contributed by atoms with Crippen LogP contribution in [0.3, 0.4) is 0 Å². The Hall–Kier alpha value is -0.900. The Bertz CT molecular complexity index is 357. The average Bonchev–Trinajstić information content (AvgIpc) is 2.61. The highest BCUT2D eigenvalue weighted by atomic mass is 16.5. The Morgan fingerprint density at radius 1 is 1.29 bits per heavy atom. The molecule has 1 aliphatic rings. The van der Waals surface area contributed by atoms with E-state index in [1.54, 1.807) is 7.11 Å². The van der Waals surface area contributed by atoms with Crippen molar-refractivity contribution in [3.8, 4) is 0 Å². The number of ether oxygens (including phenoxy) is 1. The highest BCUT2D eigenvalue weighted by Crippen LogP contribution is 2.19. The molecule has 0 spiro atoms. The summed E-state index contributed by atoms with van der Waals surface area (Å²) in [4.78, 5) is 2.43. The molecule has 0 saturated carbocycles. The van der Waals surface area contributed by atoms with Crippen LogP contribution in [0.1, 0.15) is 18.1 Å². The lowest BCUT2D eigenvalue weighted by Crippen LogP contribution is -2.28. The molecule has 1 aliphatic heterocycles. The molecule has 17 heavy (non-hydrogen) atoms. The number of nitrogens with zero attached hydrogens (tertiary/aromatic N) is 1. The van der Waals surface area contributed by atoms with E-state index >= 15 is 0 Å². The Morgan fingerprint density at radius 2 is 2.00 bits per heavy atom. The monoisotopic (exact) mass is 234 g/mol. The SMILES string of the molecule is COCc1ccccc1CN1CC(C)C(N)C1. The Labute approximate surface area is 104 Å². The second kappa shape index (κ2) is 5.63. The number of likely N-dealkylation sites (tertiary alicyclic amines) is 1. The number of methoxy groups -OCH3 is 1. The molecular formula is C14H22N2O. The minimum atomic E-state index is 0.324. The first-order valence-corrected chi connectivity index (χ1v) is 6.24.